The van der Waals surface area contributed by atoms with E-state index in [1.54, 1.807) is 25.2 Å². The van der Waals surface area contributed by atoms with E-state index >= 15 is 0 Å². The van der Waals surface area contributed by atoms with Gasteiger partial charge in [0.2, 0.25) is 0 Å². The fraction of sp³-hybridized carbons (Fsp3) is 0.540. The number of hydrogen-bond donors (Lipinski definition) is 3. The van der Waals surface area contributed by atoms with Crippen LogP contribution >= 0.6 is 0 Å². The lowest BCUT2D eigenvalue weighted by Gasteiger charge is -2.38. The van der Waals surface area contributed by atoms with Gasteiger partial charge < -0.3 is 63.7 Å². The number of hydrogen-bond acceptors (Lipinski definition) is 19. The van der Waals surface area contributed by atoms with E-state index in [9.17, 15) is 15.0 Å². The van der Waals surface area contributed by atoms with Crippen molar-refractivity contribution in [2.24, 2.45) is 0 Å². The first-order valence-electron chi connectivity index (χ1n) is 30.0. The van der Waals surface area contributed by atoms with Crippen molar-refractivity contribution in [1.29, 1.82) is 0 Å². The molecule has 1 amide bonds. The number of ether oxygens (including phenoxy) is 5. The van der Waals surface area contributed by atoms with Gasteiger partial charge in [0.05, 0.1) is 37.7 Å². The average Bonchev–Trinajstić information content (AvgIpc) is 4.20. The first-order chi connectivity index (χ1) is 40.4. The summed E-state index contributed by atoms with van der Waals surface area (Å²) in [5, 5.41) is 28.7. The Morgan fingerprint density at radius 2 is 1.06 bits per heavy atom. The SMILES string of the molecule is COCCN1CCC[C@H]1COc1nc2c(c(N3CCN(C(=O)OC(C)(C)C)CC3)n1)CCN(c1cc(O)cc3ccccc13)C2.COCCN1CCC[C@H]1COc1nc2c(c(N3CCNCC3)n1)CCN(c1cc(O)cc3ccccc13)C2. The maximum absolute atomic E-state index is 12.7. The molecular formula is C63H84N12O8. The minimum Gasteiger partial charge on any atom is -0.508 e. The summed E-state index contributed by atoms with van der Waals surface area (Å²) in [6.45, 7) is 21.2. The molecule has 2 atom stereocenters. The molecule has 0 bridgehead atoms. The molecule has 0 unspecified atom stereocenters. The Morgan fingerprint density at radius 3 is 1.53 bits per heavy atom. The molecule has 8 heterocycles. The first kappa shape index (κ1) is 57.8. The number of aromatic hydroxyl groups is 2. The van der Waals surface area contributed by atoms with Gasteiger partial charge in [-0.3, -0.25) is 9.80 Å². The second-order valence-electron chi connectivity index (χ2n) is 23.7. The Labute approximate surface area is 488 Å². The minimum absolute atomic E-state index is 0.249. The van der Waals surface area contributed by atoms with E-state index in [1.807, 2.05) is 69.3 Å². The van der Waals surface area contributed by atoms with Crippen LogP contribution in [0.2, 0.25) is 0 Å². The predicted molar refractivity (Wildman–Crippen MR) is 324 cm³/mol. The number of fused-ring (bicyclic) bond motifs is 4. The number of benzene rings is 4. The molecule has 0 radical (unpaired) electrons. The van der Waals surface area contributed by atoms with Crippen LogP contribution in [0, 0.1) is 0 Å². The minimum atomic E-state index is -0.530. The van der Waals surface area contributed by atoms with Crippen LogP contribution < -0.4 is 34.4 Å². The number of carbonyl (C=O) groups is 1. The summed E-state index contributed by atoms with van der Waals surface area (Å²) >= 11 is 0. The third-order valence-corrected chi connectivity index (χ3v) is 17.0. The standard InChI is InChI=1S/C34H46N6O5.C29H38N6O3/c1-34(2,3)45-33(42)39-16-14-38(15-17-39)31-28-11-13-40(30-21-26(41)20-24-8-5-6-10-27(24)30)22-29(28)35-32(36-31)44-23-25-9-7-12-37(25)18-19-43-4;1-37-16-15-33-11-4-6-22(33)20-38-29-31-26-19-35(27-18-23(36)17-21-5-2-3-7-24(21)27)12-8-25(26)28(32-29)34-13-9-30-10-14-34/h5-6,8,10,20-21,25,41H,7,9,11-19,22-23H2,1-4H3;2-3,5,7,17-18,22,30,36H,4,6,8-16,19-20H2,1H3/t25-;22-/m00/s1. The average molecular weight is 1140 g/mol. The monoisotopic (exact) mass is 1140 g/mol. The molecule has 3 N–H and O–H groups in total. The number of likely N-dealkylation sites (tertiary alicyclic amines) is 2. The van der Waals surface area contributed by atoms with Gasteiger partial charge in [0, 0.05) is 150 Å². The number of phenols is 2. The van der Waals surface area contributed by atoms with Crippen molar-refractivity contribution in [2.45, 2.75) is 90.1 Å². The van der Waals surface area contributed by atoms with Crippen molar-refractivity contribution >= 4 is 50.6 Å². The number of methoxy groups -OCH3 is 2. The second kappa shape index (κ2) is 26.3. The Morgan fingerprint density at radius 1 is 0.590 bits per heavy atom. The van der Waals surface area contributed by atoms with Gasteiger partial charge in [0.1, 0.15) is 41.9 Å². The third-order valence-electron chi connectivity index (χ3n) is 17.0. The molecule has 6 aliphatic heterocycles. The fourth-order valence-corrected chi connectivity index (χ4v) is 12.7. The van der Waals surface area contributed by atoms with Gasteiger partial charge in [-0.15, -0.1) is 0 Å². The molecule has 0 spiro atoms. The van der Waals surface area contributed by atoms with Gasteiger partial charge in [0.15, 0.2) is 0 Å². The van der Waals surface area contributed by atoms with Crippen LogP contribution in [-0.4, -0.2) is 201 Å². The van der Waals surface area contributed by atoms with E-state index in [0.29, 0.717) is 83.2 Å². The smallest absolute Gasteiger partial charge is 0.410 e. The molecule has 2 aromatic heterocycles. The summed E-state index contributed by atoms with van der Waals surface area (Å²) in [4.78, 5) is 48.6. The predicted octanol–water partition coefficient (Wildman–Crippen LogP) is 7.24. The van der Waals surface area contributed by atoms with Crippen LogP contribution in [0.5, 0.6) is 23.5 Å². The molecule has 4 aromatic carbocycles. The van der Waals surface area contributed by atoms with Gasteiger partial charge in [-0.1, -0.05) is 48.5 Å². The number of nitrogens with zero attached hydrogens (tertiary/aromatic N) is 11. The number of rotatable bonds is 16. The zero-order valence-electron chi connectivity index (χ0n) is 49.2. The number of carbonyl (C=O) groups excluding carboxylic acids is 1. The van der Waals surface area contributed by atoms with Crippen LogP contribution in [0.4, 0.5) is 27.8 Å². The van der Waals surface area contributed by atoms with E-state index in [2.05, 4.69) is 52.9 Å². The van der Waals surface area contributed by atoms with Crippen LogP contribution in [-0.2, 0) is 40.1 Å². The van der Waals surface area contributed by atoms with Crippen molar-refractivity contribution < 1.29 is 38.7 Å². The normalized spacial score (nSPS) is 19.7. The molecule has 6 aliphatic rings. The Hall–Kier alpha value is -6.97. The molecule has 83 heavy (non-hydrogen) atoms. The van der Waals surface area contributed by atoms with Crippen LogP contribution in [0.15, 0.2) is 72.8 Å². The van der Waals surface area contributed by atoms with E-state index in [4.69, 9.17) is 43.6 Å². The molecule has 0 saturated carbocycles. The van der Waals surface area contributed by atoms with Gasteiger partial charge >= 0.3 is 18.1 Å². The molecule has 12 rings (SSSR count). The van der Waals surface area contributed by atoms with E-state index in [1.165, 1.54) is 12.0 Å². The maximum atomic E-state index is 12.7. The summed E-state index contributed by atoms with van der Waals surface area (Å²) in [5.74, 6) is 2.45. The van der Waals surface area contributed by atoms with Crippen molar-refractivity contribution in [3.8, 4) is 23.5 Å². The molecule has 4 saturated heterocycles. The number of piperazine rings is 2. The summed E-state index contributed by atoms with van der Waals surface area (Å²) in [6.07, 6.45) is 5.86. The number of phenolic OH excluding ortho intramolecular Hbond substituents is 2. The lowest BCUT2D eigenvalue weighted by atomic mass is 10.0. The number of anilines is 4. The highest BCUT2D eigenvalue weighted by Crippen LogP contribution is 2.39. The zero-order chi connectivity index (χ0) is 57.5. The molecule has 4 fully saturated rings. The molecule has 20 nitrogen and oxygen atoms in total. The van der Waals surface area contributed by atoms with Gasteiger partial charge in [-0.25, -0.2) is 4.79 Å². The third kappa shape index (κ3) is 13.8. The van der Waals surface area contributed by atoms with Gasteiger partial charge in [-0.2, -0.15) is 19.9 Å². The second-order valence-corrected chi connectivity index (χ2v) is 23.7. The topological polar surface area (TPSA) is 190 Å². The highest BCUT2D eigenvalue weighted by Gasteiger charge is 2.34. The van der Waals surface area contributed by atoms with Gasteiger partial charge in [0.25, 0.3) is 0 Å². The summed E-state index contributed by atoms with van der Waals surface area (Å²) in [5.41, 5.74) is 5.80. The largest absolute Gasteiger partial charge is 0.508 e. The lowest BCUT2D eigenvalue weighted by Crippen LogP contribution is -2.50. The quantitative estimate of drug-likeness (QED) is 0.0878. The number of aromatic nitrogens is 4. The molecule has 20 heteroatoms. The van der Waals surface area contributed by atoms with E-state index < -0.39 is 5.60 Å². The highest BCUT2D eigenvalue weighted by atomic mass is 16.6. The molecule has 6 aromatic rings. The van der Waals surface area contributed by atoms with E-state index in [-0.39, 0.29) is 17.6 Å². The first-order valence-corrected chi connectivity index (χ1v) is 30.0. The van der Waals surface area contributed by atoms with E-state index in [0.717, 1.165) is 166 Å². The Balaban J connectivity index is 0.000000176. The summed E-state index contributed by atoms with van der Waals surface area (Å²) < 4.78 is 28.9. The van der Waals surface area contributed by atoms with Crippen molar-refractivity contribution in [3.05, 3.63) is 95.3 Å². The van der Waals surface area contributed by atoms with Crippen LogP contribution in [0.1, 0.15) is 69.0 Å². The fourth-order valence-electron chi connectivity index (χ4n) is 12.7. The van der Waals surface area contributed by atoms with Crippen molar-refractivity contribution in [1.82, 2.24) is 40.0 Å². The van der Waals surface area contributed by atoms with Crippen molar-refractivity contribution in [3.63, 3.8) is 0 Å². The highest BCUT2D eigenvalue weighted by molar-refractivity contribution is 5.96. The molecule has 0 aliphatic carbocycles. The number of nitrogens with one attached hydrogen (secondary N) is 1. The maximum Gasteiger partial charge on any atom is 0.410 e. The summed E-state index contributed by atoms with van der Waals surface area (Å²) in [6, 6.07) is 25.2. The Bertz CT molecular complexity index is 3190. The molecule has 444 valence electrons. The lowest BCUT2D eigenvalue weighted by molar-refractivity contribution is 0.0240. The number of amides is 1. The van der Waals surface area contributed by atoms with Gasteiger partial charge in [-0.05, 0) is 95.3 Å². The van der Waals surface area contributed by atoms with Crippen molar-refractivity contribution in [2.75, 3.05) is 152 Å². The Kier molecular flexibility index (Phi) is 18.3. The van der Waals surface area contributed by atoms with Crippen LogP contribution in [0.25, 0.3) is 21.5 Å². The molecular weight excluding hydrogens is 1050 g/mol. The zero-order valence-corrected chi connectivity index (χ0v) is 49.2. The van der Waals surface area contributed by atoms with Crippen LogP contribution in [0.3, 0.4) is 0 Å². The summed E-state index contributed by atoms with van der Waals surface area (Å²) in [7, 11) is 3.49.